The summed E-state index contributed by atoms with van der Waals surface area (Å²) in [6.07, 6.45) is -2.70. The fourth-order valence-electron chi connectivity index (χ4n) is 4.53. The van der Waals surface area contributed by atoms with Gasteiger partial charge < -0.3 is 19.9 Å². The number of rotatable bonds is 9. The first-order chi connectivity index (χ1) is 19.7. The third-order valence-corrected chi connectivity index (χ3v) is 8.52. The molecule has 0 saturated carbocycles. The van der Waals surface area contributed by atoms with E-state index in [2.05, 4.69) is 4.98 Å². The van der Waals surface area contributed by atoms with E-state index in [9.17, 15) is 18.9 Å². The van der Waals surface area contributed by atoms with Gasteiger partial charge in [-0.2, -0.15) is 4.98 Å². The lowest BCUT2D eigenvalue weighted by Gasteiger charge is -2.35. The number of carbonyl (C=O) groups excluding carboxylic acids is 2. The number of hydrogen-bond acceptors (Lipinski definition) is 12. The highest BCUT2D eigenvalue weighted by Gasteiger charge is 2.61. The quantitative estimate of drug-likeness (QED) is 0.311. The van der Waals surface area contributed by atoms with Gasteiger partial charge in [-0.15, -0.1) is 0 Å². The summed E-state index contributed by atoms with van der Waals surface area (Å²) in [5.74, 6) is -2.41. The lowest BCUT2D eigenvalue weighted by molar-refractivity contribution is -0.191. The smallest absolute Gasteiger partial charge is 0.455 e. The molecule has 6 atom stereocenters. The molecule has 2 aliphatic heterocycles. The van der Waals surface area contributed by atoms with Crippen LogP contribution in [0.25, 0.3) is 0 Å². The maximum atomic E-state index is 13.5. The maximum absolute atomic E-state index is 13.5. The second-order valence-electron chi connectivity index (χ2n) is 10.9. The minimum absolute atomic E-state index is 0.0308. The Kier molecular flexibility index (Phi) is 9.81. The van der Waals surface area contributed by atoms with Crippen molar-refractivity contribution in [2.24, 2.45) is 11.8 Å². The van der Waals surface area contributed by atoms with Crippen molar-refractivity contribution in [2.75, 3.05) is 18.9 Å². The van der Waals surface area contributed by atoms with Crippen LogP contribution in [-0.2, 0) is 41.9 Å². The molecule has 0 bridgehead atoms. The Morgan fingerprint density at radius 3 is 2.57 bits per heavy atom. The highest BCUT2D eigenvalue weighted by Crippen LogP contribution is 2.57. The normalized spacial score (nSPS) is 29.5. The molecule has 2 aliphatic rings. The zero-order valence-electron chi connectivity index (χ0n) is 23.9. The molecule has 0 radical (unpaired) electrons. The number of phosphoric acid groups is 1. The van der Waals surface area contributed by atoms with Crippen molar-refractivity contribution in [1.82, 2.24) is 9.55 Å². The van der Waals surface area contributed by atoms with Crippen LogP contribution in [0.5, 0.6) is 0 Å². The number of nitrogen functional groups attached to an aromatic ring is 1. The highest BCUT2D eigenvalue weighted by molar-refractivity contribution is 7.48. The van der Waals surface area contributed by atoms with Crippen molar-refractivity contribution in [1.29, 1.82) is 0 Å². The molecule has 42 heavy (non-hydrogen) atoms. The van der Waals surface area contributed by atoms with Gasteiger partial charge in [0.15, 0.2) is 17.9 Å². The number of nitrogens with zero attached hydrogens (tertiary/aromatic N) is 2. The van der Waals surface area contributed by atoms with Crippen molar-refractivity contribution < 1.29 is 41.9 Å². The number of anilines is 1. The van der Waals surface area contributed by atoms with Gasteiger partial charge in [0, 0.05) is 17.6 Å². The van der Waals surface area contributed by atoms with Crippen LogP contribution < -0.4 is 11.4 Å². The Morgan fingerprint density at radius 2 is 1.93 bits per heavy atom. The third-order valence-electron chi connectivity index (χ3n) is 6.81. The molecule has 0 spiro atoms. The van der Waals surface area contributed by atoms with E-state index in [1.165, 1.54) is 19.2 Å². The Hall–Kier alpha value is -2.80. The first kappa shape index (κ1) is 32.1. The summed E-state index contributed by atoms with van der Waals surface area (Å²) < 4.78 is 49.3. The minimum atomic E-state index is -4.14. The second kappa shape index (κ2) is 12.8. The van der Waals surface area contributed by atoms with Crippen molar-refractivity contribution in [3.63, 3.8) is 0 Å². The van der Waals surface area contributed by atoms with Gasteiger partial charge >= 0.3 is 25.5 Å². The molecule has 1 aromatic carbocycles. The Morgan fingerprint density at radius 1 is 1.21 bits per heavy atom. The Bertz CT molecular complexity index is 1420. The molecule has 4 rings (SSSR count). The van der Waals surface area contributed by atoms with Crippen molar-refractivity contribution in [3.8, 4) is 0 Å². The van der Waals surface area contributed by atoms with Crippen LogP contribution in [0.3, 0.4) is 0 Å². The summed E-state index contributed by atoms with van der Waals surface area (Å²) in [6.45, 7) is 7.59. The number of carbonyl (C=O) groups is 2. The molecular weight excluding hydrogens is 593 g/mol. The summed E-state index contributed by atoms with van der Waals surface area (Å²) in [4.78, 5) is 42.3. The zero-order chi connectivity index (χ0) is 30.8. The van der Waals surface area contributed by atoms with Crippen LogP contribution in [0.4, 0.5) is 5.82 Å². The van der Waals surface area contributed by atoms with Crippen LogP contribution in [0.1, 0.15) is 58.9 Å². The zero-order valence-corrected chi connectivity index (χ0v) is 25.6. The molecule has 2 fully saturated rings. The van der Waals surface area contributed by atoms with Gasteiger partial charge in [0.2, 0.25) is 0 Å². The van der Waals surface area contributed by atoms with Crippen LogP contribution in [0.2, 0.25) is 5.02 Å². The fraction of sp³-hybridized carbons (Fsp3) is 0.556. The molecule has 0 aliphatic carbocycles. The van der Waals surface area contributed by atoms with E-state index in [0.717, 1.165) is 4.57 Å². The number of benzene rings is 1. The van der Waals surface area contributed by atoms with Crippen molar-refractivity contribution >= 4 is 37.2 Å². The number of aromatic nitrogens is 2. The summed E-state index contributed by atoms with van der Waals surface area (Å²) in [5, 5.41) is 0.487. The summed E-state index contributed by atoms with van der Waals surface area (Å²) >= 11 is 6.11. The summed E-state index contributed by atoms with van der Waals surface area (Å²) in [7, 11) is -4.14. The number of phosphoric ester groups is 1. The Balaban J connectivity index is 1.66. The Labute approximate surface area is 248 Å². The predicted molar refractivity (Wildman–Crippen MR) is 150 cm³/mol. The van der Waals surface area contributed by atoms with Crippen LogP contribution >= 0.6 is 19.4 Å². The van der Waals surface area contributed by atoms with Crippen LogP contribution in [0, 0.1) is 11.8 Å². The summed E-state index contributed by atoms with van der Waals surface area (Å²) in [5.41, 5.74) is 3.83. The van der Waals surface area contributed by atoms with Gasteiger partial charge in [0.05, 0.1) is 31.2 Å². The highest BCUT2D eigenvalue weighted by atomic mass is 35.5. The number of ether oxygens (including phenoxy) is 3. The first-order valence-electron chi connectivity index (χ1n) is 13.5. The molecule has 2 saturated heterocycles. The lowest BCUT2D eigenvalue weighted by atomic mass is 9.95. The first-order valence-corrected chi connectivity index (χ1v) is 15.3. The van der Waals surface area contributed by atoms with E-state index in [-0.39, 0.29) is 12.4 Å². The predicted octanol–water partition coefficient (Wildman–Crippen LogP) is 4.20. The number of hydrogen-bond donors (Lipinski definition) is 1. The molecule has 1 unspecified atom stereocenters. The number of esters is 2. The van der Waals surface area contributed by atoms with E-state index >= 15 is 0 Å². The van der Waals surface area contributed by atoms with Gasteiger partial charge in [-0.05, 0) is 30.7 Å². The minimum Gasteiger partial charge on any atom is -0.455 e. The molecule has 1 aromatic heterocycles. The monoisotopic (exact) mass is 627 g/mol. The fourth-order valence-corrected chi connectivity index (χ4v) is 6.12. The molecule has 13 nitrogen and oxygen atoms in total. The molecule has 3 heterocycles. The van der Waals surface area contributed by atoms with E-state index in [1.807, 2.05) is 0 Å². The molecular formula is C27H35ClN3O10P. The average Bonchev–Trinajstić information content (AvgIpc) is 3.18. The third kappa shape index (κ3) is 7.04. The largest absolute Gasteiger partial charge is 0.475 e. The number of halogens is 1. The SMILES string of the molecule is CC(C)C(=O)O[C@@H]1[C@@H](COP2(=O)OCC[C@@H](c3cccc(Cl)c3)O2)O[C@@H](n2ccc(N)nc2=O)[C@]1(C)OC(=O)C(C)C. The number of nitrogens with two attached hydrogens (primary N) is 1. The van der Waals surface area contributed by atoms with Gasteiger partial charge in [-0.3, -0.25) is 27.7 Å². The van der Waals surface area contributed by atoms with Crippen LogP contribution in [0.15, 0.2) is 41.3 Å². The molecule has 2 aromatic rings. The van der Waals surface area contributed by atoms with Gasteiger partial charge in [-0.1, -0.05) is 51.4 Å². The van der Waals surface area contributed by atoms with E-state index in [1.54, 1.807) is 52.0 Å². The molecule has 0 amide bonds. The standard InChI is InChI=1S/C27H35ClN3O10P/c1-15(2)23(32)39-22-20(14-37-42(35)36-12-10-19(41-42)17-7-6-8-18(28)13-17)38-25(27(22,5)40-24(33)16(3)4)31-11-9-21(29)30-26(31)34/h6-9,11,13,15-16,19-20,22,25H,10,12,14H2,1-5H3,(H2,29,30,34)/t19-,20+,22+,25+,27+,42?/m0/s1. The topological polar surface area (TPSA) is 167 Å². The average molecular weight is 628 g/mol. The summed E-state index contributed by atoms with van der Waals surface area (Å²) in [6, 6.07) is 8.30. The molecule has 230 valence electrons. The maximum Gasteiger partial charge on any atom is 0.475 e. The molecule has 15 heteroatoms. The van der Waals surface area contributed by atoms with Crippen molar-refractivity contribution in [2.45, 2.75) is 71.2 Å². The van der Waals surface area contributed by atoms with E-state index in [4.69, 9.17) is 45.1 Å². The van der Waals surface area contributed by atoms with Gasteiger partial charge in [-0.25, -0.2) is 9.36 Å². The molecule has 2 N–H and O–H groups in total. The lowest BCUT2D eigenvalue weighted by Crippen LogP contribution is -2.52. The van der Waals surface area contributed by atoms with Gasteiger partial charge in [0.1, 0.15) is 11.9 Å². The van der Waals surface area contributed by atoms with Gasteiger partial charge in [0.25, 0.3) is 0 Å². The van der Waals surface area contributed by atoms with E-state index in [0.29, 0.717) is 17.0 Å². The van der Waals surface area contributed by atoms with Crippen LogP contribution in [-0.4, -0.2) is 52.5 Å². The van der Waals surface area contributed by atoms with E-state index < -0.39 is 74.0 Å². The second-order valence-corrected chi connectivity index (χ2v) is 12.9. The van der Waals surface area contributed by atoms with Crippen molar-refractivity contribution in [3.05, 3.63) is 57.6 Å².